The van der Waals surface area contributed by atoms with Crippen molar-refractivity contribution in [3.05, 3.63) is 24.0 Å². The second-order valence-electron chi connectivity index (χ2n) is 4.64. The van der Waals surface area contributed by atoms with E-state index in [1.807, 2.05) is 13.8 Å². The summed E-state index contributed by atoms with van der Waals surface area (Å²) in [6.45, 7) is 4.44. The highest BCUT2D eigenvalue weighted by atomic mass is 19.1. The number of benzene rings is 1. The molecule has 2 atom stereocenters. The van der Waals surface area contributed by atoms with Crippen LogP contribution in [0.3, 0.4) is 0 Å². The number of carbonyl (C=O) groups is 1. The van der Waals surface area contributed by atoms with E-state index in [0.717, 1.165) is 6.07 Å². The number of anilines is 1. The number of nitrogens with zero attached hydrogens (tertiary/aromatic N) is 2. The van der Waals surface area contributed by atoms with Crippen LogP contribution in [0.5, 0.6) is 5.75 Å². The van der Waals surface area contributed by atoms with Gasteiger partial charge in [-0.05, 0) is 25.6 Å². The van der Waals surface area contributed by atoms with Crippen molar-refractivity contribution < 1.29 is 14.3 Å². The first-order chi connectivity index (χ1) is 10.0. The van der Waals surface area contributed by atoms with E-state index in [4.69, 9.17) is 5.26 Å². The average molecular weight is 293 g/mol. The molecule has 0 aromatic heterocycles. The van der Waals surface area contributed by atoms with Gasteiger partial charge < -0.3 is 10.4 Å². The summed E-state index contributed by atoms with van der Waals surface area (Å²) in [6, 6.07) is 5.63. The van der Waals surface area contributed by atoms with Gasteiger partial charge in [0.15, 0.2) is 5.82 Å². The Kier molecular flexibility index (Phi) is 6.12. The van der Waals surface area contributed by atoms with Crippen molar-refractivity contribution in [3.63, 3.8) is 0 Å². The maximum Gasteiger partial charge on any atom is 0.229 e. The summed E-state index contributed by atoms with van der Waals surface area (Å²) in [6.07, 6.45) is 0.411. The lowest BCUT2D eigenvalue weighted by atomic mass is 10.1. The minimum atomic E-state index is -0.684. The van der Waals surface area contributed by atoms with Gasteiger partial charge in [0, 0.05) is 6.54 Å². The van der Waals surface area contributed by atoms with Crippen molar-refractivity contribution in [2.75, 3.05) is 18.9 Å². The average Bonchev–Trinajstić information content (AvgIpc) is 2.86. The molecule has 1 aliphatic heterocycles. The largest absolute Gasteiger partial charge is 0.506 e. The van der Waals surface area contributed by atoms with Gasteiger partial charge in [-0.1, -0.05) is 19.9 Å². The van der Waals surface area contributed by atoms with E-state index >= 15 is 0 Å². The molecule has 0 radical (unpaired) electrons. The van der Waals surface area contributed by atoms with E-state index in [-0.39, 0.29) is 29.3 Å². The van der Waals surface area contributed by atoms with Gasteiger partial charge in [0.05, 0.1) is 18.0 Å². The van der Waals surface area contributed by atoms with Crippen LogP contribution in [0, 0.1) is 23.1 Å². The summed E-state index contributed by atoms with van der Waals surface area (Å²) in [4.78, 5) is 13.8. The van der Waals surface area contributed by atoms with Crippen LogP contribution in [-0.4, -0.2) is 35.5 Å². The van der Waals surface area contributed by atoms with Crippen molar-refractivity contribution in [3.8, 4) is 11.8 Å². The maximum absolute atomic E-state index is 13.5. The minimum absolute atomic E-state index is 0.212. The van der Waals surface area contributed by atoms with E-state index in [1.54, 1.807) is 11.9 Å². The lowest BCUT2D eigenvalue weighted by Gasteiger charge is -2.12. The first-order valence-electron chi connectivity index (χ1n) is 6.91. The topological polar surface area (TPSA) is 76.4 Å². The lowest BCUT2D eigenvalue weighted by molar-refractivity contribution is -0.119. The molecule has 2 rings (SSSR count). The summed E-state index contributed by atoms with van der Waals surface area (Å²) in [7, 11) is 1.77. The molecule has 5 nitrogen and oxygen atoms in total. The van der Waals surface area contributed by atoms with Gasteiger partial charge in [0.25, 0.3) is 0 Å². The molecular weight excluding hydrogens is 273 g/mol. The fraction of sp³-hybridized carbons (Fsp3) is 0.467. The Hall–Kier alpha value is -2.13. The van der Waals surface area contributed by atoms with Crippen LogP contribution in [0.1, 0.15) is 20.3 Å². The molecule has 0 saturated carbocycles. The zero-order valence-corrected chi connectivity index (χ0v) is 12.4. The number of phenols is 1. The monoisotopic (exact) mass is 293 g/mol. The molecule has 0 spiro atoms. The quantitative estimate of drug-likeness (QED) is 0.821. The van der Waals surface area contributed by atoms with Crippen LogP contribution < -0.4 is 5.32 Å². The first kappa shape index (κ1) is 16.9. The van der Waals surface area contributed by atoms with Gasteiger partial charge in [0.1, 0.15) is 11.4 Å². The number of nitrogens with one attached hydrogen (secondary N) is 1. The van der Waals surface area contributed by atoms with Gasteiger partial charge in [-0.2, -0.15) is 5.26 Å². The lowest BCUT2D eigenvalue weighted by Crippen LogP contribution is -2.26. The highest BCUT2D eigenvalue weighted by Gasteiger charge is 2.34. The molecule has 6 heteroatoms. The molecule has 1 heterocycles. The van der Waals surface area contributed by atoms with E-state index in [0.29, 0.717) is 13.0 Å². The normalized spacial score (nSPS) is 21.1. The maximum atomic E-state index is 13.5. The molecule has 21 heavy (non-hydrogen) atoms. The van der Waals surface area contributed by atoms with E-state index in [2.05, 4.69) is 11.4 Å². The number of rotatable bonds is 2. The molecule has 1 aromatic rings. The third-order valence-electron chi connectivity index (χ3n) is 3.31. The summed E-state index contributed by atoms with van der Waals surface area (Å²) in [5, 5.41) is 20.8. The highest BCUT2D eigenvalue weighted by Crippen LogP contribution is 2.28. The molecule has 1 amide bonds. The fourth-order valence-electron chi connectivity index (χ4n) is 2.20. The molecule has 1 fully saturated rings. The minimum Gasteiger partial charge on any atom is -0.506 e. The van der Waals surface area contributed by atoms with E-state index in [9.17, 15) is 14.3 Å². The smallest absolute Gasteiger partial charge is 0.229 e. The van der Waals surface area contributed by atoms with Crippen molar-refractivity contribution in [1.82, 2.24) is 4.90 Å². The number of carbonyl (C=O) groups excluding carboxylic acids is 1. The number of phenolic OH excluding ortho intramolecular Hbond substituents is 1. The number of hydrogen-bond donors (Lipinski definition) is 2. The molecule has 1 aromatic carbocycles. The van der Waals surface area contributed by atoms with Crippen LogP contribution in [0.2, 0.25) is 0 Å². The third-order valence-corrected chi connectivity index (χ3v) is 3.31. The number of nitriles is 1. The van der Waals surface area contributed by atoms with Crippen molar-refractivity contribution in [1.29, 1.82) is 5.26 Å². The van der Waals surface area contributed by atoms with E-state index in [1.165, 1.54) is 12.1 Å². The van der Waals surface area contributed by atoms with Gasteiger partial charge in [-0.3, -0.25) is 9.69 Å². The van der Waals surface area contributed by atoms with Gasteiger partial charge in [-0.25, -0.2) is 4.39 Å². The predicted molar refractivity (Wildman–Crippen MR) is 78.2 cm³/mol. The summed E-state index contributed by atoms with van der Waals surface area (Å²) >= 11 is 0. The first-order valence-corrected chi connectivity index (χ1v) is 6.91. The Labute approximate surface area is 124 Å². The van der Waals surface area contributed by atoms with Crippen molar-refractivity contribution in [2.24, 2.45) is 5.92 Å². The Balaban J connectivity index is 0.00000106. The predicted octanol–water partition coefficient (Wildman–Crippen LogP) is 2.34. The van der Waals surface area contributed by atoms with Gasteiger partial charge >= 0.3 is 0 Å². The van der Waals surface area contributed by atoms with E-state index < -0.39 is 5.82 Å². The molecule has 0 bridgehead atoms. The molecule has 1 aliphatic rings. The molecule has 2 unspecified atom stereocenters. The number of amides is 1. The summed E-state index contributed by atoms with van der Waals surface area (Å²) in [5.74, 6) is -1.76. The van der Waals surface area contributed by atoms with Crippen LogP contribution in [0.15, 0.2) is 18.2 Å². The molecule has 1 saturated heterocycles. The zero-order chi connectivity index (χ0) is 16.0. The zero-order valence-electron chi connectivity index (χ0n) is 12.4. The number of halogens is 1. The number of likely N-dealkylation sites (tertiary alicyclic amines) is 1. The molecule has 2 N–H and O–H groups in total. The van der Waals surface area contributed by atoms with Gasteiger partial charge in [0.2, 0.25) is 5.91 Å². The number of hydrogen-bond acceptors (Lipinski definition) is 4. The number of para-hydroxylation sites is 1. The fourth-order valence-corrected chi connectivity index (χ4v) is 2.20. The summed E-state index contributed by atoms with van der Waals surface area (Å²) in [5.41, 5.74) is -0.212. The SMILES string of the molecule is CC.CN1CC(C(=O)Nc2c(O)cccc2F)CC1C#N. The van der Waals surface area contributed by atoms with Crippen LogP contribution in [0.25, 0.3) is 0 Å². The van der Waals surface area contributed by atoms with Crippen LogP contribution in [-0.2, 0) is 4.79 Å². The second kappa shape index (κ2) is 7.60. The van der Waals surface area contributed by atoms with Crippen molar-refractivity contribution >= 4 is 11.6 Å². The van der Waals surface area contributed by atoms with Crippen LogP contribution >= 0.6 is 0 Å². The molecule has 0 aliphatic carbocycles. The highest BCUT2D eigenvalue weighted by molar-refractivity contribution is 5.94. The Morgan fingerprint density at radius 3 is 2.71 bits per heavy atom. The Bertz CT molecular complexity index is 522. The van der Waals surface area contributed by atoms with Crippen LogP contribution in [0.4, 0.5) is 10.1 Å². The van der Waals surface area contributed by atoms with Crippen molar-refractivity contribution in [2.45, 2.75) is 26.3 Å². The molecular formula is C15H20FN3O2. The Morgan fingerprint density at radius 1 is 1.52 bits per heavy atom. The summed E-state index contributed by atoms with van der Waals surface area (Å²) < 4.78 is 13.5. The second-order valence-corrected chi connectivity index (χ2v) is 4.64. The Morgan fingerprint density at radius 2 is 2.19 bits per heavy atom. The third kappa shape index (κ3) is 3.92. The number of aromatic hydroxyl groups is 1. The standard InChI is InChI=1S/C13H14FN3O2.C2H6/c1-17-7-8(5-9(17)6-15)13(19)16-12-10(14)3-2-4-11(12)18;1-2/h2-4,8-9,18H,5,7H2,1H3,(H,16,19);1-2H3. The van der Waals surface area contributed by atoms with Gasteiger partial charge in [-0.15, -0.1) is 0 Å². The molecule has 114 valence electrons.